The van der Waals surface area contributed by atoms with Crippen molar-refractivity contribution in [3.8, 4) is 0 Å². The van der Waals surface area contributed by atoms with E-state index in [4.69, 9.17) is 0 Å². The molecule has 2 heterocycles. The number of carbonyl (C=O) groups is 1. The molecular weight excluding hydrogens is 290 g/mol. The van der Waals surface area contributed by atoms with E-state index >= 15 is 0 Å². The molecule has 1 aromatic carbocycles. The van der Waals surface area contributed by atoms with E-state index in [1.165, 1.54) is 5.56 Å². The van der Waals surface area contributed by atoms with Crippen molar-refractivity contribution in [3.05, 3.63) is 52.8 Å². The Bertz CT molecular complexity index is 706. The molecule has 0 spiro atoms. The fourth-order valence-corrected chi connectivity index (χ4v) is 3.44. The Kier molecular flexibility index (Phi) is 4.22. The summed E-state index contributed by atoms with van der Waals surface area (Å²) in [5.41, 5.74) is 4.49. The van der Waals surface area contributed by atoms with Crippen molar-refractivity contribution in [2.24, 2.45) is 13.0 Å². The fourth-order valence-electron chi connectivity index (χ4n) is 3.44. The molecule has 0 unspecified atom stereocenters. The van der Waals surface area contributed by atoms with Crippen LogP contribution in [0.5, 0.6) is 0 Å². The van der Waals surface area contributed by atoms with Gasteiger partial charge >= 0.3 is 5.97 Å². The van der Waals surface area contributed by atoms with Crippen molar-refractivity contribution >= 4 is 5.97 Å². The molecule has 5 nitrogen and oxygen atoms in total. The van der Waals surface area contributed by atoms with Crippen LogP contribution in [0.3, 0.4) is 0 Å². The van der Waals surface area contributed by atoms with Crippen molar-refractivity contribution in [2.75, 3.05) is 13.1 Å². The number of nitrogens with zero attached hydrogens (tertiary/aromatic N) is 3. The van der Waals surface area contributed by atoms with E-state index in [1.54, 1.807) is 0 Å². The zero-order chi connectivity index (χ0) is 16.6. The summed E-state index contributed by atoms with van der Waals surface area (Å²) in [6, 6.07) is 8.23. The van der Waals surface area contributed by atoms with Crippen LogP contribution >= 0.6 is 0 Å². The lowest BCUT2D eigenvalue weighted by atomic mass is 9.89. The minimum atomic E-state index is -0.712. The molecule has 1 N–H and O–H groups in total. The molecule has 0 saturated carbocycles. The summed E-state index contributed by atoms with van der Waals surface area (Å²) in [5.74, 6) is -1.03. The quantitative estimate of drug-likeness (QED) is 0.941. The first kappa shape index (κ1) is 15.7. The van der Waals surface area contributed by atoms with Crippen molar-refractivity contribution in [3.63, 3.8) is 0 Å². The number of benzene rings is 1. The standard InChI is InChI=1S/C18H23N3O2/c1-12-4-6-14(7-5-12)15-9-21(10-16(15)18(22)23)11-17-13(2)8-20(3)19-17/h4-8,15-16H,9-11H2,1-3H3,(H,22,23)/t15-,16+/m1/s1. The highest BCUT2D eigenvalue weighted by atomic mass is 16.4. The number of hydrogen-bond acceptors (Lipinski definition) is 3. The summed E-state index contributed by atoms with van der Waals surface area (Å²) in [6.45, 7) is 6.13. The molecule has 5 heteroatoms. The maximum absolute atomic E-state index is 11.7. The topological polar surface area (TPSA) is 58.4 Å². The third kappa shape index (κ3) is 3.29. The number of aromatic nitrogens is 2. The van der Waals surface area contributed by atoms with Crippen LogP contribution in [-0.4, -0.2) is 38.8 Å². The van der Waals surface area contributed by atoms with Gasteiger partial charge in [-0.15, -0.1) is 0 Å². The number of likely N-dealkylation sites (tertiary alicyclic amines) is 1. The molecule has 3 rings (SSSR count). The van der Waals surface area contributed by atoms with Crippen molar-refractivity contribution in [1.29, 1.82) is 0 Å². The summed E-state index contributed by atoms with van der Waals surface area (Å²) in [7, 11) is 1.91. The SMILES string of the molecule is Cc1ccc([C@H]2CN(Cc3nn(C)cc3C)C[C@@H]2C(=O)O)cc1. The van der Waals surface area contributed by atoms with Gasteiger partial charge in [-0.05, 0) is 25.0 Å². The van der Waals surface area contributed by atoms with E-state index in [-0.39, 0.29) is 11.8 Å². The third-order valence-corrected chi connectivity index (χ3v) is 4.71. The Labute approximate surface area is 136 Å². The predicted molar refractivity (Wildman–Crippen MR) is 88.3 cm³/mol. The largest absolute Gasteiger partial charge is 0.481 e. The molecule has 0 amide bonds. The van der Waals surface area contributed by atoms with Crippen LogP contribution in [0.1, 0.15) is 28.3 Å². The van der Waals surface area contributed by atoms with Gasteiger partial charge < -0.3 is 5.11 Å². The van der Waals surface area contributed by atoms with Crippen LogP contribution in [0.15, 0.2) is 30.5 Å². The lowest BCUT2D eigenvalue weighted by Gasteiger charge is -2.16. The minimum Gasteiger partial charge on any atom is -0.481 e. The van der Waals surface area contributed by atoms with Gasteiger partial charge in [0, 0.05) is 38.8 Å². The Morgan fingerprint density at radius 2 is 1.96 bits per heavy atom. The number of aliphatic carboxylic acids is 1. The molecule has 23 heavy (non-hydrogen) atoms. The molecular formula is C18H23N3O2. The fraction of sp³-hybridized carbons (Fsp3) is 0.444. The molecule has 2 aromatic rings. The average molecular weight is 313 g/mol. The third-order valence-electron chi connectivity index (χ3n) is 4.71. The van der Waals surface area contributed by atoms with Crippen molar-refractivity contribution in [1.82, 2.24) is 14.7 Å². The molecule has 0 bridgehead atoms. The highest BCUT2D eigenvalue weighted by Gasteiger charge is 2.38. The van der Waals surface area contributed by atoms with Gasteiger partial charge in [0.2, 0.25) is 0 Å². The molecule has 2 atom stereocenters. The second-order valence-electron chi connectivity index (χ2n) is 6.59. The van der Waals surface area contributed by atoms with E-state index in [1.807, 2.05) is 31.8 Å². The smallest absolute Gasteiger partial charge is 0.308 e. The van der Waals surface area contributed by atoms with Crippen LogP contribution in [0.4, 0.5) is 0 Å². The molecule has 1 aliphatic heterocycles. The number of carboxylic acid groups (broad SMARTS) is 1. The van der Waals surface area contributed by atoms with E-state index in [0.29, 0.717) is 13.1 Å². The van der Waals surface area contributed by atoms with Crippen LogP contribution in [0.2, 0.25) is 0 Å². The maximum atomic E-state index is 11.7. The Balaban J connectivity index is 1.79. The number of rotatable bonds is 4. The summed E-state index contributed by atoms with van der Waals surface area (Å²) in [5, 5.41) is 14.1. The Morgan fingerprint density at radius 1 is 1.26 bits per heavy atom. The highest BCUT2D eigenvalue weighted by molar-refractivity contribution is 5.72. The average Bonchev–Trinajstić information content (AvgIpc) is 3.04. The summed E-state index contributed by atoms with van der Waals surface area (Å²) in [4.78, 5) is 13.9. The first-order chi connectivity index (χ1) is 10.9. The normalized spacial score (nSPS) is 21.7. The first-order valence-corrected chi connectivity index (χ1v) is 7.95. The number of hydrogen-bond donors (Lipinski definition) is 1. The predicted octanol–water partition coefficient (Wildman–Crippen LogP) is 2.34. The zero-order valence-electron chi connectivity index (χ0n) is 13.9. The second-order valence-corrected chi connectivity index (χ2v) is 6.59. The highest BCUT2D eigenvalue weighted by Crippen LogP contribution is 2.34. The van der Waals surface area contributed by atoms with E-state index in [0.717, 1.165) is 23.4 Å². The maximum Gasteiger partial charge on any atom is 0.308 e. The Morgan fingerprint density at radius 3 is 2.52 bits per heavy atom. The van der Waals surface area contributed by atoms with Gasteiger partial charge in [0.1, 0.15) is 0 Å². The lowest BCUT2D eigenvalue weighted by molar-refractivity contribution is -0.141. The Hall–Kier alpha value is -2.14. The van der Waals surface area contributed by atoms with Crippen molar-refractivity contribution < 1.29 is 9.90 Å². The van der Waals surface area contributed by atoms with Gasteiger partial charge in [-0.3, -0.25) is 14.4 Å². The van der Waals surface area contributed by atoms with Gasteiger partial charge in [-0.25, -0.2) is 0 Å². The zero-order valence-corrected chi connectivity index (χ0v) is 13.9. The molecule has 0 radical (unpaired) electrons. The molecule has 1 fully saturated rings. The first-order valence-electron chi connectivity index (χ1n) is 7.95. The number of aryl methyl sites for hydroxylation is 3. The van der Waals surface area contributed by atoms with Gasteiger partial charge in [0.05, 0.1) is 11.6 Å². The van der Waals surface area contributed by atoms with Crippen LogP contribution < -0.4 is 0 Å². The summed E-state index contributed by atoms with van der Waals surface area (Å²) in [6.07, 6.45) is 2.00. The van der Waals surface area contributed by atoms with Gasteiger partial charge in [0.15, 0.2) is 0 Å². The summed E-state index contributed by atoms with van der Waals surface area (Å²) < 4.78 is 1.81. The second kappa shape index (κ2) is 6.16. The van der Waals surface area contributed by atoms with E-state index < -0.39 is 5.97 Å². The molecule has 122 valence electrons. The van der Waals surface area contributed by atoms with E-state index in [2.05, 4.69) is 34.3 Å². The van der Waals surface area contributed by atoms with Gasteiger partial charge in [0.25, 0.3) is 0 Å². The van der Waals surface area contributed by atoms with Crippen molar-refractivity contribution in [2.45, 2.75) is 26.3 Å². The van der Waals surface area contributed by atoms with Gasteiger partial charge in [-0.2, -0.15) is 5.10 Å². The van der Waals surface area contributed by atoms with Gasteiger partial charge in [-0.1, -0.05) is 29.8 Å². The molecule has 1 aromatic heterocycles. The monoisotopic (exact) mass is 313 g/mol. The molecule has 0 aliphatic carbocycles. The lowest BCUT2D eigenvalue weighted by Crippen LogP contribution is -2.23. The molecule has 1 aliphatic rings. The minimum absolute atomic E-state index is 0.0390. The van der Waals surface area contributed by atoms with Crippen LogP contribution in [0.25, 0.3) is 0 Å². The molecule has 1 saturated heterocycles. The number of carboxylic acids is 1. The van der Waals surface area contributed by atoms with Crippen LogP contribution in [0, 0.1) is 19.8 Å². The van der Waals surface area contributed by atoms with E-state index in [9.17, 15) is 9.90 Å². The van der Waals surface area contributed by atoms with Crippen LogP contribution in [-0.2, 0) is 18.4 Å². The summed E-state index contributed by atoms with van der Waals surface area (Å²) >= 11 is 0.